The van der Waals surface area contributed by atoms with Crippen LogP contribution in [-0.2, 0) is 6.61 Å². The third-order valence-electron chi connectivity index (χ3n) is 3.95. The topological polar surface area (TPSA) is 27.1 Å². The minimum atomic E-state index is 0.349. The first-order chi connectivity index (χ1) is 11.1. The minimum Gasteiger partial charge on any atom is -0.484 e. The number of fused-ring (bicyclic) bond motifs is 1. The Balaban J connectivity index is 1.93. The molecule has 0 spiro atoms. The van der Waals surface area contributed by atoms with E-state index in [0.29, 0.717) is 28.4 Å². The summed E-state index contributed by atoms with van der Waals surface area (Å²) >= 11 is 12.1. The molecule has 5 heteroatoms. The van der Waals surface area contributed by atoms with E-state index in [1.54, 1.807) is 18.2 Å². The normalized spacial score (nSPS) is 12.5. The molecule has 120 valence electrons. The average Bonchev–Trinajstić information content (AvgIpc) is 2.91. The maximum absolute atomic E-state index is 6.17. The summed E-state index contributed by atoms with van der Waals surface area (Å²) in [4.78, 5) is 4.71. The van der Waals surface area contributed by atoms with Gasteiger partial charge in [-0.1, -0.05) is 42.3 Å². The summed E-state index contributed by atoms with van der Waals surface area (Å²) in [7, 11) is 0. The van der Waals surface area contributed by atoms with Gasteiger partial charge in [-0.25, -0.2) is 4.98 Å². The number of hydrogen-bond donors (Lipinski definition) is 0. The summed E-state index contributed by atoms with van der Waals surface area (Å²) in [5.41, 5.74) is 2.11. The maximum Gasteiger partial charge on any atom is 0.148 e. The van der Waals surface area contributed by atoms with Crippen molar-refractivity contribution in [2.24, 2.45) is 0 Å². The number of halogens is 2. The number of ether oxygens (including phenoxy) is 1. The molecule has 2 aromatic carbocycles. The van der Waals surface area contributed by atoms with E-state index in [-0.39, 0.29) is 0 Å². The second-order valence-corrected chi connectivity index (χ2v) is 6.35. The molecule has 3 rings (SSSR count). The van der Waals surface area contributed by atoms with Crippen molar-refractivity contribution in [3.8, 4) is 5.75 Å². The number of aromatic nitrogens is 2. The summed E-state index contributed by atoms with van der Waals surface area (Å²) in [5, 5.41) is 1.10. The predicted octanol–water partition coefficient (Wildman–Crippen LogP) is 5.89. The van der Waals surface area contributed by atoms with Gasteiger partial charge < -0.3 is 9.30 Å². The maximum atomic E-state index is 6.17. The Morgan fingerprint density at radius 1 is 1.17 bits per heavy atom. The zero-order valence-electron chi connectivity index (χ0n) is 13.1. The number of imidazole rings is 1. The summed E-state index contributed by atoms with van der Waals surface area (Å²) in [6.45, 7) is 4.72. The third-order valence-corrected chi connectivity index (χ3v) is 4.48. The molecule has 0 fully saturated rings. The van der Waals surface area contributed by atoms with Crippen molar-refractivity contribution < 1.29 is 4.74 Å². The van der Waals surface area contributed by atoms with Crippen LogP contribution in [0.25, 0.3) is 11.0 Å². The molecular weight excluding hydrogens is 331 g/mol. The van der Waals surface area contributed by atoms with Crippen LogP contribution in [0.2, 0.25) is 10.0 Å². The van der Waals surface area contributed by atoms with Crippen molar-refractivity contribution in [1.29, 1.82) is 0 Å². The lowest BCUT2D eigenvalue weighted by molar-refractivity contribution is 0.286. The quantitative estimate of drug-likeness (QED) is 0.574. The fourth-order valence-corrected chi connectivity index (χ4v) is 3.07. The van der Waals surface area contributed by atoms with Crippen molar-refractivity contribution in [1.82, 2.24) is 9.55 Å². The van der Waals surface area contributed by atoms with Gasteiger partial charge in [0.15, 0.2) is 0 Å². The monoisotopic (exact) mass is 348 g/mol. The van der Waals surface area contributed by atoms with E-state index in [2.05, 4.69) is 24.5 Å². The Bertz CT molecular complexity index is 829. The molecule has 1 aromatic heterocycles. The highest BCUT2D eigenvalue weighted by atomic mass is 35.5. The van der Waals surface area contributed by atoms with Crippen LogP contribution in [-0.4, -0.2) is 9.55 Å². The predicted molar refractivity (Wildman–Crippen MR) is 95.5 cm³/mol. The Morgan fingerprint density at radius 2 is 1.96 bits per heavy atom. The molecule has 3 aromatic rings. The standard InChI is InChI=1S/C18H18Cl2N2O/c1-3-12(2)22-16-7-5-4-6-15(16)21-18(22)11-23-17-9-8-13(19)10-14(17)20/h4-10,12H,3,11H2,1-2H3. The van der Waals surface area contributed by atoms with Gasteiger partial charge in [0.05, 0.1) is 16.1 Å². The molecule has 0 aliphatic carbocycles. The van der Waals surface area contributed by atoms with Gasteiger partial charge in [-0.2, -0.15) is 0 Å². The van der Waals surface area contributed by atoms with Gasteiger partial charge in [0.25, 0.3) is 0 Å². The van der Waals surface area contributed by atoms with Crippen molar-refractivity contribution in [2.45, 2.75) is 32.9 Å². The lowest BCUT2D eigenvalue weighted by Gasteiger charge is -2.16. The van der Waals surface area contributed by atoms with Crippen LogP contribution < -0.4 is 4.74 Å². The van der Waals surface area contributed by atoms with Crippen molar-refractivity contribution in [3.63, 3.8) is 0 Å². The fraction of sp³-hybridized carbons (Fsp3) is 0.278. The lowest BCUT2D eigenvalue weighted by atomic mass is 10.2. The highest BCUT2D eigenvalue weighted by Gasteiger charge is 2.15. The molecular formula is C18H18Cl2N2O. The van der Waals surface area contributed by atoms with Gasteiger partial charge in [-0.05, 0) is 43.7 Å². The molecule has 1 unspecified atom stereocenters. The molecule has 3 nitrogen and oxygen atoms in total. The van der Waals surface area contributed by atoms with E-state index in [1.807, 2.05) is 18.2 Å². The van der Waals surface area contributed by atoms with Gasteiger partial charge in [-0.15, -0.1) is 0 Å². The molecule has 0 saturated heterocycles. The first kappa shape index (κ1) is 16.2. The van der Waals surface area contributed by atoms with Gasteiger partial charge in [-0.3, -0.25) is 0 Å². The van der Waals surface area contributed by atoms with Crippen LogP contribution in [0.5, 0.6) is 5.75 Å². The van der Waals surface area contributed by atoms with Crippen LogP contribution in [0.1, 0.15) is 32.1 Å². The van der Waals surface area contributed by atoms with Crippen LogP contribution in [0, 0.1) is 0 Å². The van der Waals surface area contributed by atoms with Gasteiger partial charge in [0, 0.05) is 11.1 Å². The number of hydrogen-bond acceptors (Lipinski definition) is 2. The van der Waals surface area contributed by atoms with Crippen molar-refractivity contribution in [3.05, 3.63) is 58.3 Å². The van der Waals surface area contributed by atoms with E-state index >= 15 is 0 Å². The third kappa shape index (κ3) is 3.31. The minimum absolute atomic E-state index is 0.349. The number of rotatable bonds is 5. The molecule has 0 aliphatic heterocycles. The summed E-state index contributed by atoms with van der Waals surface area (Å²) in [6.07, 6.45) is 1.02. The second-order valence-electron chi connectivity index (χ2n) is 5.51. The molecule has 1 heterocycles. The molecule has 0 amide bonds. The Labute approximate surface area is 145 Å². The fourth-order valence-electron chi connectivity index (χ4n) is 2.61. The molecule has 23 heavy (non-hydrogen) atoms. The second kappa shape index (κ2) is 6.81. The molecule has 0 radical (unpaired) electrons. The van der Waals surface area contributed by atoms with Crippen molar-refractivity contribution >= 4 is 34.2 Å². The van der Waals surface area contributed by atoms with Crippen molar-refractivity contribution in [2.75, 3.05) is 0 Å². The van der Waals surface area contributed by atoms with E-state index in [1.165, 1.54) is 0 Å². The van der Waals surface area contributed by atoms with E-state index < -0.39 is 0 Å². The van der Waals surface area contributed by atoms with E-state index in [4.69, 9.17) is 32.9 Å². The van der Waals surface area contributed by atoms with Gasteiger partial charge >= 0.3 is 0 Å². The van der Waals surface area contributed by atoms with E-state index in [0.717, 1.165) is 23.3 Å². The Kier molecular flexibility index (Phi) is 4.79. The highest BCUT2D eigenvalue weighted by Crippen LogP contribution is 2.29. The van der Waals surface area contributed by atoms with Crippen LogP contribution in [0.4, 0.5) is 0 Å². The van der Waals surface area contributed by atoms with E-state index in [9.17, 15) is 0 Å². The van der Waals surface area contributed by atoms with Gasteiger partial charge in [0.2, 0.25) is 0 Å². The molecule has 0 N–H and O–H groups in total. The first-order valence-electron chi connectivity index (χ1n) is 7.64. The summed E-state index contributed by atoms with van der Waals surface area (Å²) in [6, 6.07) is 13.7. The largest absolute Gasteiger partial charge is 0.484 e. The number of nitrogens with zero attached hydrogens (tertiary/aromatic N) is 2. The van der Waals surface area contributed by atoms with Gasteiger partial charge in [0.1, 0.15) is 18.2 Å². The summed E-state index contributed by atoms with van der Waals surface area (Å²) < 4.78 is 8.10. The Morgan fingerprint density at radius 3 is 2.70 bits per heavy atom. The first-order valence-corrected chi connectivity index (χ1v) is 8.39. The molecule has 0 saturated carbocycles. The Hall–Kier alpha value is -1.71. The molecule has 0 bridgehead atoms. The lowest BCUT2D eigenvalue weighted by Crippen LogP contribution is -2.11. The smallest absolute Gasteiger partial charge is 0.148 e. The van der Waals surface area contributed by atoms with Crippen LogP contribution >= 0.6 is 23.2 Å². The number of para-hydroxylation sites is 2. The zero-order chi connectivity index (χ0) is 16.4. The van der Waals surface area contributed by atoms with Crippen LogP contribution in [0.3, 0.4) is 0 Å². The SMILES string of the molecule is CCC(C)n1c(COc2ccc(Cl)cc2Cl)nc2ccccc21. The highest BCUT2D eigenvalue weighted by molar-refractivity contribution is 6.35. The average molecular weight is 349 g/mol. The van der Waals surface area contributed by atoms with Crippen LogP contribution in [0.15, 0.2) is 42.5 Å². The number of benzene rings is 2. The molecule has 0 aliphatic rings. The zero-order valence-corrected chi connectivity index (χ0v) is 14.6. The molecule has 1 atom stereocenters. The summed E-state index contributed by atoms with van der Waals surface area (Å²) in [5.74, 6) is 1.50.